The predicted molar refractivity (Wildman–Crippen MR) is 94.8 cm³/mol. The molecule has 0 aliphatic heterocycles. The Balaban J connectivity index is 2.31. The summed E-state index contributed by atoms with van der Waals surface area (Å²) < 4.78 is 12.1. The molecule has 0 amide bonds. The van der Waals surface area contributed by atoms with E-state index in [1.165, 1.54) is 12.3 Å². The summed E-state index contributed by atoms with van der Waals surface area (Å²) in [6, 6.07) is 8.43. The number of anilines is 1. The molecule has 0 bridgehead atoms. The summed E-state index contributed by atoms with van der Waals surface area (Å²) in [7, 11) is 0. The fraction of sp³-hybridized carbons (Fsp3) is 0.222. The summed E-state index contributed by atoms with van der Waals surface area (Å²) in [5.74, 6) is 3.79. The van der Waals surface area contributed by atoms with Crippen molar-refractivity contribution in [2.75, 3.05) is 18.9 Å². The molecule has 2 aromatic rings. The van der Waals surface area contributed by atoms with Crippen molar-refractivity contribution in [3.8, 4) is 23.8 Å². The summed E-state index contributed by atoms with van der Waals surface area (Å²) >= 11 is 0. The molecule has 1 aromatic carbocycles. The lowest BCUT2D eigenvalue weighted by Crippen LogP contribution is -2.19. The van der Waals surface area contributed by atoms with Gasteiger partial charge in [0.15, 0.2) is 11.5 Å². The molecule has 0 fully saturated rings. The Bertz CT molecular complexity index is 848. The molecule has 2 N–H and O–H groups in total. The number of pyridine rings is 1. The Labute approximate surface area is 140 Å². The van der Waals surface area contributed by atoms with Gasteiger partial charge in [0, 0.05) is 6.07 Å². The molecule has 0 saturated heterocycles. The fourth-order valence-corrected chi connectivity index (χ4v) is 2.08. The first-order chi connectivity index (χ1) is 11.5. The highest BCUT2D eigenvalue weighted by Gasteiger charge is 2.06. The number of terminal acetylenes is 1. The lowest BCUT2D eigenvalue weighted by Gasteiger charge is -2.11. The molecule has 6 nitrogen and oxygen atoms in total. The van der Waals surface area contributed by atoms with Crippen LogP contribution in [0.3, 0.4) is 0 Å². The zero-order valence-corrected chi connectivity index (χ0v) is 13.7. The van der Waals surface area contributed by atoms with Crippen LogP contribution in [-0.2, 0) is 0 Å². The number of hydrogen-bond donors (Lipinski definition) is 1. The maximum Gasteiger partial charge on any atom is 0.273 e. The van der Waals surface area contributed by atoms with E-state index in [1.54, 1.807) is 31.2 Å². The van der Waals surface area contributed by atoms with E-state index in [0.29, 0.717) is 18.1 Å². The van der Waals surface area contributed by atoms with Crippen molar-refractivity contribution < 1.29 is 9.47 Å². The van der Waals surface area contributed by atoms with Crippen molar-refractivity contribution in [3.05, 3.63) is 51.8 Å². The van der Waals surface area contributed by atoms with E-state index in [-0.39, 0.29) is 18.0 Å². The molecule has 0 aliphatic carbocycles. The minimum absolute atomic E-state index is 0.156. The largest absolute Gasteiger partial charge is 0.490 e. The maximum atomic E-state index is 11.9. The van der Waals surface area contributed by atoms with Gasteiger partial charge in [-0.1, -0.05) is 5.92 Å². The SMILES string of the molecule is C#CCOc1ccc(/C=N\n2c(N)cc(C)cc2=O)cc1OCC. The van der Waals surface area contributed by atoms with Gasteiger partial charge in [0.1, 0.15) is 12.4 Å². The summed E-state index contributed by atoms with van der Waals surface area (Å²) in [6.07, 6.45) is 6.73. The number of rotatable bonds is 6. The van der Waals surface area contributed by atoms with Crippen LogP contribution in [0.25, 0.3) is 0 Å². The molecule has 6 heteroatoms. The smallest absolute Gasteiger partial charge is 0.273 e. The summed E-state index contributed by atoms with van der Waals surface area (Å²) in [5, 5.41) is 4.14. The first-order valence-corrected chi connectivity index (χ1v) is 7.41. The molecule has 0 spiro atoms. The molecular weight excluding hydrogens is 306 g/mol. The monoisotopic (exact) mass is 325 g/mol. The van der Waals surface area contributed by atoms with Gasteiger partial charge in [-0.05, 0) is 49.2 Å². The van der Waals surface area contributed by atoms with Gasteiger partial charge in [0.2, 0.25) is 0 Å². The first kappa shape index (κ1) is 17.2. The Morgan fingerprint density at radius 3 is 2.75 bits per heavy atom. The lowest BCUT2D eigenvalue weighted by atomic mass is 10.2. The summed E-state index contributed by atoms with van der Waals surface area (Å²) in [5.41, 5.74) is 7.06. The minimum Gasteiger partial charge on any atom is -0.490 e. The molecule has 0 radical (unpaired) electrons. The van der Waals surface area contributed by atoms with E-state index in [1.807, 2.05) is 6.92 Å². The average Bonchev–Trinajstić information content (AvgIpc) is 2.53. The highest BCUT2D eigenvalue weighted by molar-refractivity contribution is 5.81. The van der Waals surface area contributed by atoms with Crippen LogP contribution in [0.1, 0.15) is 18.1 Å². The maximum absolute atomic E-state index is 11.9. The standard InChI is InChI=1S/C18H19N3O3/c1-4-8-24-15-7-6-14(11-16(15)23-5-2)12-20-21-17(19)9-13(3)10-18(21)22/h1,6-7,9-12H,5,8,19H2,2-3H3/b20-12-. The molecule has 1 heterocycles. The highest BCUT2D eigenvalue weighted by atomic mass is 16.5. The fourth-order valence-electron chi connectivity index (χ4n) is 2.08. The highest BCUT2D eigenvalue weighted by Crippen LogP contribution is 2.28. The number of hydrogen-bond acceptors (Lipinski definition) is 5. The van der Waals surface area contributed by atoms with Crippen molar-refractivity contribution in [1.29, 1.82) is 0 Å². The third-order valence-electron chi connectivity index (χ3n) is 3.08. The van der Waals surface area contributed by atoms with Crippen molar-refractivity contribution in [1.82, 2.24) is 4.68 Å². The van der Waals surface area contributed by atoms with Gasteiger partial charge in [0.25, 0.3) is 5.56 Å². The Morgan fingerprint density at radius 1 is 1.29 bits per heavy atom. The van der Waals surface area contributed by atoms with Gasteiger partial charge in [-0.2, -0.15) is 9.78 Å². The molecule has 124 valence electrons. The number of nitrogens with two attached hydrogens (primary N) is 1. The van der Waals surface area contributed by atoms with Crippen LogP contribution < -0.4 is 20.8 Å². The summed E-state index contributed by atoms with van der Waals surface area (Å²) in [4.78, 5) is 11.9. The number of aromatic nitrogens is 1. The number of benzene rings is 1. The van der Waals surface area contributed by atoms with Gasteiger partial charge < -0.3 is 15.2 Å². The molecule has 0 saturated carbocycles. The number of ether oxygens (including phenoxy) is 2. The predicted octanol–water partition coefficient (Wildman–Crippen LogP) is 2.03. The Hall–Kier alpha value is -3.20. The molecule has 1 aromatic heterocycles. The van der Waals surface area contributed by atoms with E-state index in [4.69, 9.17) is 21.6 Å². The van der Waals surface area contributed by atoms with Crippen LogP contribution >= 0.6 is 0 Å². The molecule has 2 rings (SSSR count). The van der Waals surface area contributed by atoms with Crippen molar-refractivity contribution in [2.24, 2.45) is 5.10 Å². The van der Waals surface area contributed by atoms with Gasteiger partial charge >= 0.3 is 0 Å². The normalized spacial score (nSPS) is 10.5. The molecular formula is C18H19N3O3. The average molecular weight is 325 g/mol. The van der Waals surface area contributed by atoms with Crippen molar-refractivity contribution in [3.63, 3.8) is 0 Å². The van der Waals surface area contributed by atoms with E-state index in [0.717, 1.165) is 15.8 Å². The van der Waals surface area contributed by atoms with Gasteiger partial charge in [-0.15, -0.1) is 6.42 Å². The number of nitrogen functional groups attached to an aromatic ring is 1. The Kier molecular flexibility index (Phi) is 5.63. The molecule has 0 unspecified atom stereocenters. The van der Waals surface area contributed by atoms with E-state index in [2.05, 4.69) is 11.0 Å². The first-order valence-electron chi connectivity index (χ1n) is 7.41. The van der Waals surface area contributed by atoms with E-state index < -0.39 is 0 Å². The number of nitrogens with zero attached hydrogens (tertiary/aromatic N) is 2. The second kappa shape index (κ2) is 7.88. The minimum atomic E-state index is -0.289. The topological polar surface area (TPSA) is 78.8 Å². The van der Waals surface area contributed by atoms with Crippen LogP contribution in [0.4, 0.5) is 5.82 Å². The van der Waals surface area contributed by atoms with Crippen LogP contribution in [0.15, 0.2) is 40.2 Å². The lowest BCUT2D eigenvalue weighted by molar-refractivity contribution is 0.299. The zero-order valence-electron chi connectivity index (χ0n) is 13.7. The van der Waals surface area contributed by atoms with Crippen molar-refractivity contribution in [2.45, 2.75) is 13.8 Å². The quantitative estimate of drug-likeness (QED) is 0.651. The van der Waals surface area contributed by atoms with E-state index >= 15 is 0 Å². The van der Waals surface area contributed by atoms with Crippen LogP contribution in [-0.4, -0.2) is 24.1 Å². The molecule has 24 heavy (non-hydrogen) atoms. The van der Waals surface area contributed by atoms with Gasteiger partial charge in [-0.25, -0.2) is 0 Å². The molecule has 0 atom stereocenters. The van der Waals surface area contributed by atoms with Gasteiger partial charge in [-0.3, -0.25) is 4.79 Å². The van der Waals surface area contributed by atoms with Gasteiger partial charge in [0.05, 0.1) is 12.8 Å². The van der Waals surface area contributed by atoms with Crippen LogP contribution in [0, 0.1) is 19.3 Å². The zero-order chi connectivity index (χ0) is 17.5. The third-order valence-corrected chi connectivity index (χ3v) is 3.08. The second-order valence-electron chi connectivity index (χ2n) is 4.98. The third kappa shape index (κ3) is 4.17. The second-order valence-corrected chi connectivity index (χ2v) is 4.98. The van der Waals surface area contributed by atoms with Crippen LogP contribution in [0.5, 0.6) is 11.5 Å². The van der Waals surface area contributed by atoms with Crippen molar-refractivity contribution >= 4 is 12.0 Å². The number of aryl methyl sites for hydroxylation is 1. The Morgan fingerprint density at radius 2 is 2.08 bits per heavy atom. The van der Waals surface area contributed by atoms with E-state index in [9.17, 15) is 4.79 Å². The van der Waals surface area contributed by atoms with Crippen LogP contribution in [0.2, 0.25) is 0 Å². The summed E-state index contributed by atoms with van der Waals surface area (Å²) in [6.45, 7) is 4.31. The molecule has 0 aliphatic rings.